The van der Waals surface area contributed by atoms with Gasteiger partial charge in [0, 0.05) is 0 Å². The lowest BCUT2D eigenvalue weighted by atomic mass is 10.2. The average molecular weight is 168 g/mol. The minimum Gasteiger partial charge on any atom is -0.479 e. The summed E-state index contributed by atoms with van der Waals surface area (Å²) in [4.78, 5) is 19.9. The highest BCUT2D eigenvalue weighted by Crippen LogP contribution is 2.05. The fourth-order valence-corrected chi connectivity index (χ4v) is 0.357. The molecular formula is C5H6F2O4. The van der Waals surface area contributed by atoms with Crippen LogP contribution >= 0.6 is 0 Å². The fourth-order valence-electron chi connectivity index (χ4n) is 0.357. The van der Waals surface area contributed by atoms with Crippen LogP contribution in [0.25, 0.3) is 0 Å². The van der Waals surface area contributed by atoms with Crippen LogP contribution in [-0.4, -0.2) is 36.5 Å². The third-order valence-electron chi connectivity index (χ3n) is 0.919. The predicted molar refractivity (Wildman–Crippen MR) is 29.4 cm³/mol. The van der Waals surface area contributed by atoms with E-state index in [1.165, 1.54) is 0 Å². The maximum Gasteiger partial charge on any atom is 0.344 e. The molecule has 0 aromatic heterocycles. The number of carbonyl (C=O) groups excluding carboxylic acids is 1. The van der Waals surface area contributed by atoms with Crippen molar-refractivity contribution in [2.45, 2.75) is 12.3 Å². The number of esters is 1. The Morgan fingerprint density at radius 2 is 1.82 bits per heavy atom. The van der Waals surface area contributed by atoms with Crippen molar-refractivity contribution in [2.24, 2.45) is 0 Å². The SMILES string of the molecule is COC(=O)C(F)C(F)C(=O)O. The molecule has 11 heavy (non-hydrogen) atoms. The summed E-state index contributed by atoms with van der Waals surface area (Å²) in [7, 11) is 0.837. The molecule has 0 rings (SSSR count). The number of carboxylic acids is 1. The zero-order valence-corrected chi connectivity index (χ0v) is 5.58. The first-order valence-corrected chi connectivity index (χ1v) is 2.59. The molecule has 64 valence electrons. The molecule has 0 aliphatic rings. The van der Waals surface area contributed by atoms with Crippen molar-refractivity contribution in [3.63, 3.8) is 0 Å². The second kappa shape index (κ2) is 3.85. The predicted octanol–water partition coefficient (Wildman–Crippen LogP) is -0.0798. The molecule has 0 radical (unpaired) electrons. The Morgan fingerprint density at radius 3 is 2.09 bits per heavy atom. The number of hydrogen-bond donors (Lipinski definition) is 1. The maximum atomic E-state index is 12.2. The first-order chi connectivity index (χ1) is 5.00. The highest BCUT2D eigenvalue weighted by Gasteiger charge is 2.34. The van der Waals surface area contributed by atoms with E-state index < -0.39 is 24.3 Å². The highest BCUT2D eigenvalue weighted by atomic mass is 19.2. The minimum absolute atomic E-state index is 0.837. The van der Waals surface area contributed by atoms with Gasteiger partial charge in [0.15, 0.2) is 0 Å². The summed E-state index contributed by atoms with van der Waals surface area (Å²) in [6.45, 7) is 0. The van der Waals surface area contributed by atoms with E-state index in [1.807, 2.05) is 0 Å². The second-order valence-electron chi connectivity index (χ2n) is 1.66. The van der Waals surface area contributed by atoms with Crippen molar-refractivity contribution in [3.8, 4) is 0 Å². The molecule has 6 heteroatoms. The molecule has 4 nitrogen and oxygen atoms in total. The number of rotatable bonds is 3. The van der Waals surface area contributed by atoms with Gasteiger partial charge in [-0.05, 0) is 0 Å². The molecule has 2 atom stereocenters. The van der Waals surface area contributed by atoms with Gasteiger partial charge in [-0.1, -0.05) is 0 Å². The van der Waals surface area contributed by atoms with Crippen LogP contribution in [0.1, 0.15) is 0 Å². The molecule has 0 saturated carbocycles. The summed E-state index contributed by atoms with van der Waals surface area (Å²) in [6.07, 6.45) is -5.61. The normalized spacial score (nSPS) is 15.2. The van der Waals surface area contributed by atoms with Crippen molar-refractivity contribution in [1.82, 2.24) is 0 Å². The molecule has 0 aliphatic carbocycles. The van der Waals surface area contributed by atoms with Gasteiger partial charge in [-0.2, -0.15) is 0 Å². The van der Waals surface area contributed by atoms with Crippen molar-refractivity contribution in [3.05, 3.63) is 0 Å². The van der Waals surface area contributed by atoms with Crippen LogP contribution in [0.3, 0.4) is 0 Å². The number of hydrogen-bond acceptors (Lipinski definition) is 3. The van der Waals surface area contributed by atoms with Crippen LogP contribution in [0.2, 0.25) is 0 Å². The van der Waals surface area contributed by atoms with E-state index >= 15 is 0 Å². The van der Waals surface area contributed by atoms with E-state index in [4.69, 9.17) is 5.11 Å². The monoisotopic (exact) mass is 168 g/mol. The van der Waals surface area contributed by atoms with Crippen LogP contribution in [0, 0.1) is 0 Å². The third kappa shape index (κ3) is 2.48. The van der Waals surface area contributed by atoms with Crippen LogP contribution < -0.4 is 0 Å². The minimum atomic E-state index is -2.86. The van der Waals surface area contributed by atoms with E-state index in [9.17, 15) is 18.4 Å². The smallest absolute Gasteiger partial charge is 0.344 e. The van der Waals surface area contributed by atoms with E-state index in [0.717, 1.165) is 7.11 Å². The van der Waals surface area contributed by atoms with Crippen LogP contribution in [0.4, 0.5) is 8.78 Å². The second-order valence-corrected chi connectivity index (χ2v) is 1.66. The molecule has 2 unspecified atom stereocenters. The van der Waals surface area contributed by atoms with Crippen LogP contribution in [-0.2, 0) is 14.3 Å². The van der Waals surface area contributed by atoms with Crippen LogP contribution in [0.15, 0.2) is 0 Å². The van der Waals surface area contributed by atoms with Crippen molar-refractivity contribution in [1.29, 1.82) is 0 Å². The Kier molecular flexibility index (Phi) is 3.43. The zero-order valence-electron chi connectivity index (χ0n) is 5.58. The number of aliphatic carboxylic acids is 1. The molecule has 0 spiro atoms. The summed E-state index contributed by atoms with van der Waals surface area (Å²) < 4.78 is 28.1. The molecule has 0 aromatic rings. The maximum absolute atomic E-state index is 12.2. The van der Waals surface area contributed by atoms with Gasteiger partial charge < -0.3 is 9.84 Å². The van der Waals surface area contributed by atoms with Gasteiger partial charge in [0.1, 0.15) is 0 Å². The highest BCUT2D eigenvalue weighted by molar-refractivity contribution is 5.84. The first kappa shape index (κ1) is 9.80. The van der Waals surface area contributed by atoms with E-state index in [-0.39, 0.29) is 0 Å². The molecule has 1 N–H and O–H groups in total. The quantitative estimate of drug-likeness (QED) is 0.598. The van der Waals surface area contributed by atoms with Gasteiger partial charge in [-0.3, -0.25) is 0 Å². The van der Waals surface area contributed by atoms with Gasteiger partial charge in [-0.25, -0.2) is 18.4 Å². The van der Waals surface area contributed by atoms with Crippen molar-refractivity contribution < 1.29 is 28.2 Å². The lowest BCUT2D eigenvalue weighted by Crippen LogP contribution is -2.33. The number of carbonyl (C=O) groups is 2. The Bertz CT molecular complexity index is 170. The largest absolute Gasteiger partial charge is 0.479 e. The summed E-state index contributed by atoms with van der Waals surface area (Å²) in [5, 5.41) is 7.87. The topological polar surface area (TPSA) is 63.6 Å². The molecule has 0 amide bonds. The standard InChI is InChI=1S/C5H6F2O4/c1-11-5(10)3(7)2(6)4(8)9/h2-3H,1H3,(H,8,9). The van der Waals surface area contributed by atoms with Gasteiger partial charge in [0.05, 0.1) is 7.11 Å². The Morgan fingerprint density at radius 1 is 1.36 bits per heavy atom. The molecular weight excluding hydrogens is 162 g/mol. The Hall–Kier alpha value is -1.20. The zero-order chi connectivity index (χ0) is 9.02. The van der Waals surface area contributed by atoms with E-state index in [0.29, 0.717) is 0 Å². The summed E-state index contributed by atoms with van der Waals surface area (Å²) in [5.74, 6) is -3.55. The lowest BCUT2D eigenvalue weighted by Gasteiger charge is -2.05. The number of carboxylic acid groups (broad SMARTS) is 1. The van der Waals surface area contributed by atoms with Crippen molar-refractivity contribution >= 4 is 11.9 Å². The molecule has 0 aromatic carbocycles. The molecule has 0 heterocycles. The summed E-state index contributed by atoms with van der Waals surface area (Å²) in [5.41, 5.74) is 0. The summed E-state index contributed by atoms with van der Waals surface area (Å²) in [6, 6.07) is 0. The number of alkyl halides is 2. The lowest BCUT2D eigenvalue weighted by molar-refractivity contribution is -0.157. The van der Waals surface area contributed by atoms with Crippen LogP contribution in [0.5, 0.6) is 0 Å². The summed E-state index contributed by atoms with van der Waals surface area (Å²) >= 11 is 0. The molecule has 0 saturated heterocycles. The Labute approximate surface area is 60.8 Å². The molecule has 0 bridgehead atoms. The van der Waals surface area contributed by atoms with E-state index in [2.05, 4.69) is 4.74 Å². The molecule has 0 fully saturated rings. The van der Waals surface area contributed by atoms with Gasteiger partial charge in [0.2, 0.25) is 12.3 Å². The fraction of sp³-hybridized carbons (Fsp3) is 0.600. The average Bonchev–Trinajstić information content (AvgIpc) is 2.00. The molecule has 0 aliphatic heterocycles. The van der Waals surface area contributed by atoms with Gasteiger partial charge in [-0.15, -0.1) is 0 Å². The number of halogens is 2. The van der Waals surface area contributed by atoms with E-state index in [1.54, 1.807) is 0 Å². The number of methoxy groups -OCH3 is 1. The van der Waals surface area contributed by atoms with Gasteiger partial charge in [0.25, 0.3) is 0 Å². The Balaban J connectivity index is 4.12. The van der Waals surface area contributed by atoms with Gasteiger partial charge >= 0.3 is 11.9 Å². The van der Waals surface area contributed by atoms with Crippen molar-refractivity contribution in [2.75, 3.05) is 7.11 Å². The third-order valence-corrected chi connectivity index (χ3v) is 0.919. The first-order valence-electron chi connectivity index (χ1n) is 2.59. The number of ether oxygens (including phenoxy) is 1.